The first-order chi connectivity index (χ1) is 8.77. The molecule has 0 radical (unpaired) electrons. The quantitative estimate of drug-likeness (QED) is 0.879. The van der Waals surface area contributed by atoms with Crippen LogP contribution < -0.4 is 5.14 Å². The normalized spacial score (nSPS) is 19.7. The number of carbonyl (C=O) groups is 1. The predicted molar refractivity (Wildman–Crippen MR) is 67.5 cm³/mol. The number of sulfonamides is 1. The number of benzene rings is 1. The third kappa shape index (κ3) is 3.10. The zero-order valence-electron chi connectivity index (χ0n) is 10.5. The lowest BCUT2D eigenvalue weighted by molar-refractivity contribution is 0.0787. The van der Waals surface area contributed by atoms with E-state index >= 15 is 0 Å². The van der Waals surface area contributed by atoms with Crippen LogP contribution in [-0.4, -0.2) is 32.3 Å². The van der Waals surface area contributed by atoms with Crippen molar-refractivity contribution < 1.29 is 17.6 Å². The largest absolute Gasteiger partial charge is 0.338 e. The molecule has 5 nitrogen and oxygen atoms in total. The molecule has 0 spiro atoms. The third-order valence-corrected chi connectivity index (χ3v) is 4.05. The molecule has 1 atom stereocenters. The summed E-state index contributed by atoms with van der Waals surface area (Å²) in [5, 5.41) is 4.95. The number of carbonyl (C=O) groups excluding carboxylic acids is 1. The number of rotatable bonds is 2. The zero-order valence-corrected chi connectivity index (χ0v) is 11.3. The molecule has 0 aliphatic carbocycles. The van der Waals surface area contributed by atoms with Crippen LogP contribution >= 0.6 is 0 Å². The molecular weight excluding hydrogens is 271 g/mol. The van der Waals surface area contributed by atoms with Gasteiger partial charge in [-0.25, -0.2) is 17.9 Å². The Hall–Kier alpha value is -1.47. The highest BCUT2D eigenvalue weighted by molar-refractivity contribution is 7.89. The Morgan fingerprint density at radius 1 is 1.42 bits per heavy atom. The van der Waals surface area contributed by atoms with E-state index in [4.69, 9.17) is 5.14 Å². The number of nitrogens with two attached hydrogens (primary N) is 1. The number of likely N-dealkylation sites (tertiary alicyclic amines) is 1. The average Bonchev–Trinajstić information content (AvgIpc) is 2.73. The van der Waals surface area contributed by atoms with Crippen LogP contribution in [0.4, 0.5) is 4.39 Å². The van der Waals surface area contributed by atoms with Gasteiger partial charge in [0.1, 0.15) is 5.82 Å². The molecule has 1 fully saturated rings. The van der Waals surface area contributed by atoms with Gasteiger partial charge in [-0.1, -0.05) is 6.92 Å². The molecule has 1 amide bonds. The van der Waals surface area contributed by atoms with E-state index < -0.39 is 15.8 Å². The van der Waals surface area contributed by atoms with Crippen molar-refractivity contribution in [2.45, 2.75) is 18.2 Å². The third-order valence-electron chi connectivity index (χ3n) is 3.16. The molecule has 7 heteroatoms. The van der Waals surface area contributed by atoms with Crippen molar-refractivity contribution in [2.75, 3.05) is 13.1 Å². The minimum absolute atomic E-state index is 0.0122. The summed E-state index contributed by atoms with van der Waals surface area (Å²) in [5.41, 5.74) is 0.0122. The van der Waals surface area contributed by atoms with Crippen molar-refractivity contribution in [3.63, 3.8) is 0 Å². The second-order valence-corrected chi connectivity index (χ2v) is 6.43. The second-order valence-electron chi connectivity index (χ2n) is 4.87. The second kappa shape index (κ2) is 4.90. The Morgan fingerprint density at radius 3 is 2.63 bits per heavy atom. The monoisotopic (exact) mass is 286 g/mol. The highest BCUT2D eigenvalue weighted by Gasteiger charge is 2.25. The molecule has 2 rings (SSSR count). The fourth-order valence-corrected chi connectivity index (χ4v) is 2.72. The molecule has 0 saturated carbocycles. The lowest BCUT2D eigenvalue weighted by Gasteiger charge is -2.16. The fraction of sp³-hybridized carbons (Fsp3) is 0.417. The molecule has 19 heavy (non-hydrogen) atoms. The summed E-state index contributed by atoms with van der Waals surface area (Å²) in [4.78, 5) is 13.4. The van der Waals surface area contributed by atoms with Gasteiger partial charge in [-0.15, -0.1) is 0 Å². The summed E-state index contributed by atoms with van der Waals surface area (Å²) in [6.45, 7) is 3.22. The average molecular weight is 286 g/mol. The Morgan fingerprint density at radius 2 is 2.11 bits per heavy atom. The number of amides is 1. The predicted octanol–water partition coefficient (Wildman–Crippen LogP) is 0.955. The van der Waals surface area contributed by atoms with Crippen LogP contribution in [0.5, 0.6) is 0 Å². The summed E-state index contributed by atoms with van der Waals surface area (Å²) in [7, 11) is -4.03. The van der Waals surface area contributed by atoms with E-state index in [9.17, 15) is 17.6 Å². The Bertz CT molecular complexity index is 615. The van der Waals surface area contributed by atoms with Gasteiger partial charge < -0.3 is 4.90 Å². The fourth-order valence-electron chi connectivity index (χ4n) is 2.15. The van der Waals surface area contributed by atoms with E-state index in [1.807, 2.05) is 6.92 Å². The SMILES string of the molecule is CC1CCN(C(=O)c2cc(F)cc(S(N)(=O)=O)c2)C1. The summed E-state index contributed by atoms with van der Waals surface area (Å²) < 4.78 is 35.8. The van der Waals surface area contributed by atoms with E-state index in [0.29, 0.717) is 19.0 Å². The van der Waals surface area contributed by atoms with E-state index in [0.717, 1.165) is 24.6 Å². The van der Waals surface area contributed by atoms with E-state index in [-0.39, 0.29) is 16.4 Å². The molecule has 1 saturated heterocycles. The van der Waals surface area contributed by atoms with Crippen LogP contribution in [0.15, 0.2) is 23.1 Å². The maximum absolute atomic E-state index is 13.4. The smallest absolute Gasteiger partial charge is 0.254 e. The van der Waals surface area contributed by atoms with Crippen LogP contribution in [0.1, 0.15) is 23.7 Å². The Kier molecular flexibility index (Phi) is 3.60. The molecule has 1 aliphatic rings. The molecule has 0 bridgehead atoms. The van der Waals surface area contributed by atoms with Gasteiger partial charge in [0.15, 0.2) is 0 Å². The number of nitrogens with zero attached hydrogens (tertiary/aromatic N) is 1. The van der Waals surface area contributed by atoms with E-state index in [2.05, 4.69) is 0 Å². The van der Waals surface area contributed by atoms with Crippen LogP contribution in [0.25, 0.3) is 0 Å². The molecule has 1 aliphatic heterocycles. The van der Waals surface area contributed by atoms with Gasteiger partial charge in [-0.2, -0.15) is 0 Å². The van der Waals surface area contributed by atoms with Crippen molar-refractivity contribution in [1.82, 2.24) is 4.90 Å². The number of hydrogen-bond donors (Lipinski definition) is 1. The first-order valence-electron chi connectivity index (χ1n) is 5.90. The zero-order chi connectivity index (χ0) is 14.2. The Labute approximate surface area is 111 Å². The summed E-state index contributed by atoms with van der Waals surface area (Å²) in [6, 6.07) is 2.95. The first kappa shape index (κ1) is 14.0. The number of primary sulfonamides is 1. The van der Waals surface area contributed by atoms with Gasteiger partial charge in [-0.05, 0) is 30.5 Å². The van der Waals surface area contributed by atoms with Gasteiger partial charge in [0.25, 0.3) is 5.91 Å². The van der Waals surface area contributed by atoms with Crippen LogP contribution in [0.2, 0.25) is 0 Å². The van der Waals surface area contributed by atoms with Crippen LogP contribution in [0, 0.1) is 11.7 Å². The van der Waals surface area contributed by atoms with Gasteiger partial charge in [-0.3, -0.25) is 4.79 Å². The van der Waals surface area contributed by atoms with Gasteiger partial charge in [0.05, 0.1) is 4.90 Å². The lowest BCUT2D eigenvalue weighted by Crippen LogP contribution is -2.28. The molecule has 1 unspecified atom stereocenters. The number of halogens is 1. The van der Waals surface area contributed by atoms with Gasteiger partial charge in [0.2, 0.25) is 10.0 Å². The summed E-state index contributed by atoms with van der Waals surface area (Å²) >= 11 is 0. The summed E-state index contributed by atoms with van der Waals surface area (Å²) in [5.74, 6) is -0.758. The first-order valence-corrected chi connectivity index (χ1v) is 7.44. The lowest BCUT2D eigenvalue weighted by atomic mass is 10.2. The molecular formula is C12H15FN2O3S. The molecule has 2 N–H and O–H groups in total. The van der Waals surface area contributed by atoms with Crippen molar-refractivity contribution in [1.29, 1.82) is 0 Å². The van der Waals surface area contributed by atoms with Crippen molar-refractivity contribution in [2.24, 2.45) is 11.1 Å². The van der Waals surface area contributed by atoms with Crippen molar-refractivity contribution in [3.8, 4) is 0 Å². The maximum atomic E-state index is 13.4. The molecule has 104 valence electrons. The van der Waals surface area contributed by atoms with E-state index in [1.165, 1.54) is 0 Å². The minimum atomic E-state index is -4.03. The molecule has 1 heterocycles. The van der Waals surface area contributed by atoms with Crippen LogP contribution in [0.3, 0.4) is 0 Å². The molecule has 1 aromatic carbocycles. The molecule has 0 aromatic heterocycles. The van der Waals surface area contributed by atoms with Gasteiger partial charge in [0, 0.05) is 18.7 Å². The maximum Gasteiger partial charge on any atom is 0.254 e. The van der Waals surface area contributed by atoms with Crippen LogP contribution in [-0.2, 0) is 10.0 Å². The molecule has 1 aromatic rings. The summed E-state index contributed by atoms with van der Waals surface area (Å²) in [6.07, 6.45) is 0.892. The van der Waals surface area contributed by atoms with Crippen molar-refractivity contribution >= 4 is 15.9 Å². The highest BCUT2D eigenvalue weighted by atomic mass is 32.2. The van der Waals surface area contributed by atoms with Crippen molar-refractivity contribution in [3.05, 3.63) is 29.6 Å². The topological polar surface area (TPSA) is 80.5 Å². The highest BCUT2D eigenvalue weighted by Crippen LogP contribution is 2.20. The van der Waals surface area contributed by atoms with E-state index in [1.54, 1.807) is 4.90 Å². The van der Waals surface area contributed by atoms with Gasteiger partial charge >= 0.3 is 0 Å². The Balaban J connectivity index is 2.35. The minimum Gasteiger partial charge on any atom is -0.338 e. The standard InChI is InChI=1S/C12H15FN2O3S/c1-8-2-3-15(7-8)12(16)9-4-10(13)6-11(5-9)19(14,17)18/h4-6,8H,2-3,7H2,1H3,(H2,14,17,18). The number of hydrogen-bond acceptors (Lipinski definition) is 3.